The molecule has 1 aliphatic heterocycles. The number of thiophene rings is 1. The Hall–Kier alpha value is 0.530. The second-order valence-electron chi connectivity index (χ2n) is 4.59. The molecule has 8 heteroatoms. The predicted octanol–water partition coefficient (Wildman–Crippen LogP) is 2.89. The molecule has 1 aromatic heterocycles. The summed E-state index contributed by atoms with van der Waals surface area (Å²) >= 11 is 8.04. The van der Waals surface area contributed by atoms with Crippen molar-refractivity contribution in [2.24, 2.45) is 5.92 Å². The van der Waals surface area contributed by atoms with Crippen molar-refractivity contribution >= 4 is 53.2 Å². The Morgan fingerprint density at radius 1 is 1.42 bits per heavy atom. The highest BCUT2D eigenvalue weighted by molar-refractivity contribution is 9.12. The van der Waals surface area contributed by atoms with Crippen LogP contribution in [0.2, 0.25) is 0 Å². The Morgan fingerprint density at radius 3 is 2.53 bits per heavy atom. The fraction of sp³-hybridized carbons (Fsp3) is 0.636. The SMILES string of the molecule is CNCC1CCN(S(=O)(=O)c2cc(Br)sc2Br)CC1. The van der Waals surface area contributed by atoms with Crippen LogP contribution in [-0.2, 0) is 10.0 Å². The first-order valence-electron chi connectivity index (χ1n) is 6.04. The molecular weight excluding hydrogens is 416 g/mol. The zero-order valence-corrected chi connectivity index (χ0v) is 15.3. The fourth-order valence-corrected chi connectivity index (χ4v) is 7.51. The molecule has 0 radical (unpaired) electrons. The van der Waals surface area contributed by atoms with Gasteiger partial charge in [0.1, 0.15) is 4.90 Å². The van der Waals surface area contributed by atoms with Gasteiger partial charge in [-0.3, -0.25) is 0 Å². The van der Waals surface area contributed by atoms with Crippen molar-refractivity contribution in [3.8, 4) is 0 Å². The molecule has 19 heavy (non-hydrogen) atoms. The Kier molecular flexibility index (Phi) is 5.47. The van der Waals surface area contributed by atoms with Gasteiger partial charge in [0.25, 0.3) is 0 Å². The Labute approximate surface area is 134 Å². The Morgan fingerprint density at radius 2 is 2.05 bits per heavy atom. The lowest BCUT2D eigenvalue weighted by Crippen LogP contribution is -2.40. The third-order valence-electron chi connectivity index (χ3n) is 3.31. The van der Waals surface area contributed by atoms with Gasteiger partial charge in [0.05, 0.1) is 7.57 Å². The number of nitrogens with zero attached hydrogens (tertiary/aromatic N) is 1. The van der Waals surface area contributed by atoms with Gasteiger partial charge in [0.2, 0.25) is 10.0 Å². The first kappa shape index (κ1) is 15.9. The molecular formula is C11H16Br2N2O2S2. The zero-order valence-electron chi connectivity index (χ0n) is 10.5. The van der Waals surface area contributed by atoms with Gasteiger partial charge in [-0.05, 0) is 70.3 Å². The van der Waals surface area contributed by atoms with E-state index in [1.165, 1.54) is 11.3 Å². The number of hydrogen-bond acceptors (Lipinski definition) is 4. The number of sulfonamides is 1. The Bertz CT molecular complexity index is 537. The molecule has 0 unspecified atom stereocenters. The van der Waals surface area contributed by atoms with Gasteiger partial charge >= 0.3 is 0 Å². The maximum atomic E-state index is 12.6. The van der Waals surface area contributed by atoms with Crippen molar-refractivity contribution in [3.05, 3.63) is 13.6 Å². The van der Waals surface area contributed by atoms with Gasteiger partial charge < -0.3 is 5.32 Å². The predicted molar refractivity (Wildman–Crippen MR) is 85.1 cm³/mol. The second-order valence-corrected chi connectivity index (χ2v) is 10.2. The number of rotatable bonds is 4. The van der Waals surface area contributed by atoms with E-state index in [1.807, 2.05) is 7.05 Å². The van der Waals surface area contributed by atoms with Gasteiger partial charge in [0, 0.05) is 13.1 Å². The molecule has 0 amide bonds. The summed E-state index contributed by atoms with van der Waals surface area (Å²) in [4.78, 5) is 0.372. The molecule has 0 spiro atoms. The topological polar surface area (TPSA) is 49.4 Å². The third-order valence-corrected chi connectivity index (χ3v) is 7.96. The van der Waals surface area contributed by atoms with E-state index in [0.717, 1.165) is 23.2 Å². The molecule has 2 rings (SSSR count). The molecule has 1 fully saturated rings. The van der Waals surface area contributed by atoms with Crippen molar-refractivity contribution in [1.82, 2.24) is 9.62 Å². The summed E-state index contributed by atoms with van der Waals surface area (Å²) in [6.07, 6.45) is 1.84. The van der Waals surface area contributed by atoms with Crippen molar-refractivity contribution in [3.63, 3.8) is 0 Å². The van der Waals surface area contributed by atoms with E-state index in [4.69, 9.17) is 0 Å². The van der Waals surface area contributed by atoms with Gasteiger partial charge in [-0.15, -0.1) is 11.3 Å². The van der Waals surface area contributed by atoms with E-state index in [2.05, 4.69) is 37.2 Å². The molecule has 0 bridgehead atoms. The lowest BCUT2D eigenvalue weighted by atomic mass is 9.98. The van der Waals surface area contributed by atoms with Crippen molar-refractivity contribution < 1.29 is 8.42 Å². The van der Waals surface area contributed by atoms with Crippen LogP contribution in [0.4, 0.5) is 0 Å². The molecule has 0 aliphatic carbocycles. The van der Waals surface area contributed by atoms with Crippen LogP contribution in [0.1, 0.15) is 12.8 Å². The zero-order chi connectivity index (χ0) is 14.0. The Balaban J connectivity index is 2.12. The first-order valence-corrected chi connectivity index (χ1v) is 9.89. The number of nitrogens with one attached hydrogen (secondary N) is 1. The van der Waals surface area contributed by atoms with Crippen LogP contribution in [0, 0.1) is 5.92 Å². The summed E-state index contributed by atoms with van der Waals surface area (Å²) in [6.45, 7) is 2.17. The van der Waals surface area contributed by atoms with Gasteiger partial charge in [0.15, 0.2) is 0 Å². The number of piperidine rings is 1. The molecule has 0 atom stereocenters. The van der Waals surface area contributed by atoms with Crippen LogP contribution >= 0.6 is 43.2 Å². The molecule has 1 aromatic rings. The quantitative estimate of drug-likeness (QED) is 0.797. The summed E-state index contributed by atoms with van der Waals surface area (Å²) in [5, 5.41) is 3.16. The first-order chi connectivity index (χ1) is 8.95. The average molecular weight is 432 g/mol. The standard InChI is InChI=1S/C11H16Br2N2O2S2/c1-14-7-8-2-4-15(5-3-8)19(16,17)9-6-10(12)18-11(9)13/h6,8,14H,2-5,7H2,1H3. The molecule has 4 nitrogen and oxygen atoms in total. The van der Waals surface area contributed by atoms with E-state index < -0.39 is 10.0 Å². The minimum absolute atomic E-state index is 0.372. The summed E-state index contributed by atoms with van der Waals surface area (Å²) in [5.41, 5.74) is 0. The highest BCUT2D eigenvalue weighted by Crippen LogP contribution is 2.37. The van der Waals surface area contributed by atoms with E-state index >= 15 is 0 Å². The summed E-state index contributed by atoms with van der Waals surface area (Å²) in [5.74, 6) is 0.578. The molecule has 1 saturated heterocycles. The lowest BCUT2D eigenvalue weighted by Gasteiger charge is -2.30. The van der Waals surface area contributed by atoms with Crippen molar-refractivity contribution in [2.75, 3.05) is 26.7 Å². The number of halogens is 2. The lowest BCUT2D eigenvalue weighted by molar-refractivity contribution is 0.270. The van der Waals surface area contributed by atoms with Crippen LogP contribution < -0.4 is 5.32 Å². The summed E-state index contributed by atoms with van der Waals surface area (Å²) < 4.78 is 28.2. The van der Waals surface area contributed by atoms with Crippen LogP contribution in [0.3, 0.4) is 0 Å². The minimum atomic E-state index is -3.36. The highest BCUT2D eigenvalue weighted by atomic mass is 79.9. The minimum Gasteiger partial charge on any atom is -0.319 e. The van der Waals surface area contributed by atoms with Crippen LogP contribution in [0.25, 0.3) is 0 Å². The van der Waals surface area contributed by atoms with Gasteiger partial charge in [-0.2, -0.15) is 4.31 Å². The van der Waals surface area contributed by atoms with E-state index in [0.29, 0.717) is 27.7 Å². The van der Waals surface area contributed by atoms with E-state index in [1.54, 1.807) is 10.4 Å². The molecule has 0 aromatic carbocycles. The van der Waals surface area contributed by atoms with Crippen LogP contribution in [0.15, 0.2) is 18.5 Å². The second kappa shape index (κ2) is 6.53. The molecule has 1 aliphatic rings. The van der Waals surface area contributed by atoms with Crippen molar-refractivity contribution in [1.29, 1.82) is 0 Å². The maximum absolute atomic E-state index is 12.6. The fourth-order valence-electron chi connectivity index (χ4n) is 2.28. The van der Waals surface area contributed by atoms with E-state index in [-0.39, 0.29) is 0 Å². The van der Waals surface area contributed by atoms with Crippen LogP contribution in [0.5, 0.6) is 0 Å². The normalized spacial score (nSPS) is 18.9. The van der Waals surface area contributed by atoms with E-state index in [9.17, 15) is 8.42 Å². The van der Waals surface area contributed by atoms with Gasteiger partial charge in [-0.1, -0.05) is 0 Å². The van der Waals surface area contributed by atoms with Crippen molar-refractivity contribution in [2.45, 2.75) is 17.7 Å². The summed E-state index contributed by atoms with van der Waals surface area (Å²) in [7, 11) is -1.43. The molecule has 1 N–H and O–H groups in total. The average Bonchev–Trinajstić information content (AvgIpc) is 2.70. The van der Waals surface area contributed by atoms with Gasteiger partial charge in [-0.25, -0.2) is 8.42 Å². The molecule has 2 heterocycles. The van der Waals surface area contributed by atoms with Crippen LogP contribution in [-0.4, -0.2) is 39.4 Å². The monoisotopic (exact) mass is 430 g/mol. The summed E-state index contributed by atoms with van der Waals surface area (Å²) in [6, 6.07) is 1.67. The number of hydrogen-bond donors (Lipinski definition) is 1. The molecule has 108 valence electrons. The third kappa shape index (κ3) is 3.59. The molecule has 0 saturated carbocycles. The highest BCUT2D eigenvalue weighted by Gasteiger charge is 2.31. The largest absolute Gasteiger partial charge is 0.319 e. The maximum Gasteiger partial charge on any atom is 0.245 e. The smallest absolute Gasteiger partial charge is 0.245 e.